The monoisotopic (exact) mass is 233 g/mol. The van der Waals surface area contributed by atoms with Crippen LogP contribution in [-0.2, 0) is 4.79 Å². The number of pyridine rings is 1. The van der Waals surface area contributed by atoms with Crippen molar-refractivity contribution in [2.24, 2.45) is 0 Å². The first-order valence-electron chi connectivity index (χ1n) is 5.46. The Kier molecular flexibility index (Phi) is 3.34. The number of carbonyl (C=O) groups is 1. The molecule has 2 rings (SSSR count). The van der Waals surface area contributed by atoms with Crippen molar-refractivity contribution in [1.29, 1.82) is 0 Å². The topological polar surface area (TPSA) is 71.3 Å². The lowest BCUT2D eigenvalue weighted by molar-refractivity contribution is -0.120. The van der Waals surface area contributed by atoms with Crippen LogP contribution in [0.3, 0.4) is 0 Å². The third-order valence-electron chi connectivity index (χ3n) is 2.44. The summed E-state index contributed by atoms with van der Waals surface area (Å²) in [6.45, 7) is 2.18. The quantitative estimate of drug-likeness (QED) is 0.787. The van der Waals surface area contributed by atoms with Crippen LogP contribution >= 0.6 is 0 Å². The second-order valence-electron chi connectivity index (χ2n) is 3.81. The highest BCUT2D eigenvalue weighted by molar-refractivity contribution is 5.78. The van der Waals surface area contributed by atoms with E-state index in [1.54, 1.807) is 7.05 Å². The third kappa shape index (κ3) is 2.42. The minimum Gasteiger partial charge on any atom is -0.345 e. The smallest absolute Gasteiger partial charge is 0.234 e. The standard InChI is InChI=1S/C11H15N5O/c1-8(13-10(17)7-12-2)11-15-14-9-5-3-4-6-16(9)11/h3-6,8,12H,7H2,1-2H3,(H,13,17). The highest BCUT2D eigenvalue weighted by Crippen LogP contribution is 2.11. The molecule has 0 aliphatic rings. The van der Waals surface area contributed by atoms with Crippen molar-refractivity contribution >= 4 is 11.6 Å². The number of amides is 1. The predicted octanol–water partition coefficient (Wildman–Crippen LogP) is 0.126. The molecule has 2 aromatic rings. The van der Waals surface area contributed by atoms with Gasteiger partial charge in [0.15, 0.2) is 11.5 Å². The van der Waals surface area contributed by atoms with E-state index in [1.165, 1.54) is 0 Å². The van der Waals surface area contributed by atoms with Crippen molar-refractivity contribution in [3.8, 4) is 0 Å². The molecule has 2 N–H and O–H groups in total. The van der Waals surface area contributed by atoms with Crippen molar-refractivity contribution < 1.29 is 4.79 Å². The van der Waals surface area contributed by atoms with E-state index in [9.17, 15) is 4.79 Å². The zero-order valence-corrected chi connectivity index (χ0v) is 9.84. The van der Waals surface area contributed by atoms with Crippen LogP contribution in [0.25, 0.3) is 5.65 Å². The minimum atomic E-state index is -0.173. The summed E-state index contributed by atoms with van der Waals surface area (Å²) in [5, 5.41) is 13.8. The van der Waals surface area contributed by atoms with E-state index >= 15 is 0 Å². The zero-order chi connectivity index (χ0) is 12.3. The highest BCUT2D eigenvalue weighted by Gasteiger charge is 2.14. The average Bonchev–Trinajstić information content (AvgIpc) is 2.72. The highest BCUT2D eigenvalue weighted by atomic mass is 16.1. The number of hydrogen-bond donors (Lipinski definition) is 2. The Balaban J connectivity index is 2.19. The number of nitrogens with zero attached hydrogens (tertiary/aromatic N) is 3. The molecule has 0 fully saturated rings. The first kappa shape index (κ1) is 11.5. The predicted molar refractivity (Wildman–Crippen MR) is 63.5 cm³/mol. The van der Waals surface area contributed by atoms with Crippen molar-refractivity contribution in [2.45, 2.75) is 13.0 Å². The van der Waals surface area contributed by atoms with Gasteiger partial charge in [0.05, 0.1) is 12.6 Å². The molecular weight excluding hydrogens is 218 g/mol. The Hall–Kier alpha value is -1.95. The summed E-state index contributed by atoms with van der Waals surface area (Å²) in [5.74, 6) is 0.665. The molecule has 0 radical (unpaired) electrons. The molecule has 0 saturated carbocycles. The molecule has 2 heterocycles. The minimum absolute atomic E-state index is 0.0623. The Morgan fingerprint density at radius 3 is 3.06 bits per heavy atom. The summed E-state index contributed by atoms with van der Waals surface area (Å²) in [4.78, 5) is 11.5. The fraction of sp³-hybridized carbons (Fsp3) is 0.364. The number of rotatable bonds is 4. The molecule has 6 nitrogen and oxygen atoms in total. The van der Waals surface area contributed by atoms with Gasteiger partial charge < -0.3 is 10.6 Å². The van der Waals surface area contributed by atoms with Gasteiger partial charge in [-0.15, -0.1) is 10.2 Å². The summed E-state index contributed by atoms with van der Waals surface area (Å²) >= 11 is 0. The number of aromatic nitrogens is 3. The molecule has 0 aliphatic heterocycles. The molecule has 0 bridgehead atoms. The van der Waals surface area contributed by atoms with Gasteiger partial charge in [0.1, 0.15) is 0 Å². The van der Waals surface area contributed by atoms with Crippen molar-refractivity contribution in [3.63, 3.8) is 0 Å². The fourth-order valence-electron chi connectivity index (χ4n) is 1.67. The van der Waals surface area contributed by atoms with E-state index in [2.05, 4.69) is 20.8 Å². The van der Waals surface area contributed by atoms with Gasteiger partial charge in [-0.25, -0.2) is 0 Å². The van der Waals surface area contributed by atoms with Gasteiger partial charge in [-0.1, -0.05) is 6.07 Å². The lowest BCUT2D eigenvalue weighted by Gasteiger charge is -2.11. The summed E-state index contributed by atoms with van der Waals surface area (Å²) < 4.78 is 1.87. The van der Waals surface area contributed by atoms with E-state index < -0.39 is 0 Å². The molecule has 6 heteroatoms. The Bertz CT molecular complexity index is 521. The van der Waals surface area contributed by atoms with Crippen molar-refractivity contribution in [2.75, 3.05) is 13.6 Å². The van der Waals surface area contributed by atoms with E-state index in [-0.39, 0.29) is 11.9 Å². The molecule has 17 heavy (non-hydrogen) atoms. The van der Waals surface area contributed by atoms with Gasteiger partial charge >= 0.3 is 0 Å². The Labute approximate surface area is 99.0 Å². The molecule has 1 atom stereocenters. The number of carbonyl (C=O) groups excluding carboxylic acids is 1. The number of likely N-dealkylation sites (N-methyl/N-ethyl adjacent to an activating group) is 1. The van der Waals surface area contributed by atoms with Crippen LogP contribution in [0.5, 0.6) is 0 Å². The molecule has 90 valence electrons. The van der Waals surface area contributed by atoms with E-state index in [0.29, 0.717) is 6.54 Å². The number of fused-ring (bicyclic) bond motifs is 1. The van der Waals surface area contributed by atoms with Crippen molar-refractivity contribution in [3.05, 3.63) is 30.2 Å². The van der Waals surface area contributed by atoms with Crippen LogP contribution in [0, 0.1) is 0 Å². The van der Waals surface area contributed by atoms with E-state index in [1.807, 2.05) is 35.7 Å². The SMILES string of the molecule is CNCC(=O)NC(C)c1nnc2ccccn12. The molecule has 2 aromatic heterocycles. The maximum absolute atomic E-state index is 11.5. The second kappa shape index (κ2) is 4.92. The molecular formula is C11H15N5O. The molecule has 0 aromatic carbocycles. The largest absolute Gasteiger partial charge is 0.345 e. The lowest BCUT2D eigenvalue weighted by Crippen LogP contribution is -2.34. The van der Waals surface area contributed by atoms with Crippen LogP contribution in [0.4, 0.5) is 0 Å². The summed E-state index contributed by atoms with van der Waals surface area (Å²) in [5.41, 5.74) is 0.775. The maximum atomic E-state index is 11.5. The maximum Gasteiger partial charge on any atom is 0.234 e. The summed E-state index contributed by atoms with van der Waals surface area (Å²) in [6.07, 6.45) is 1.88. The molecule has 0 spiro atoms. The van der Waals surface area contributed by atoms with Crippen LogP contribution in [-0.4, -0.2) is 34.1 Å². The normalized spacial score (nSPS) is 12.6. The first-order valence-corrected chi connectivity index (χ1v) is 5.46. The fourth-order valence-corrected chi connectivity index (χ4v) is 1.67. The summed E-state index contributed by atoms with van der Waals surface area (Å²) in [6, 6.07) is 5.51. The van der Waals surface area contributed by atoms with Gasteiger partial charge in [-0.3, -0.25) is 9.20 Å². The first-order chi connectivity index (χ1) is 8.22. The Morgan fingerprint density at radius 1 is 1.47 bits per heavy atom. The van der Waals surface area contributed by atoms with Gasteiger partial charge in [0.25, 0.3) is 0 Å². The average molecular weight is 233 g/mol. The van der Waals surface area contributed by atoms with Crippen molar-refractivity contribution in [1.82, 2.24) is 25.2 Å². The third-order valence-corrected chi connectivity index (χ3v) is 2.44. The van der Waals surface area contributed by atoms with Crippen LogP contribution in [0.2, 0.25) is 0 Å². The zero-order valence-electron chi connectivity index (χ0n) is 9.84. The van der Waals surface area contributed by atoms with E-state index in [0.717, 1.165) is 11.5 Å². The van der Waals surface area contributed by atoms with Crippen LogP contribution in [0.1, 0.15) is 18.8 Å². The molecule has 0 aliphatic carbocycles. The molecule has 1 amide bonds. The van der Waals surface area contributed by atoms with Gasteiger partial charge in [-0.2, -0.15) is 0 Å². The number of hydrogen-bond acceptors (Lipinski definition) is 4. The van der Waals surface area contributed by atoms with Crippen LogP contribution in [0.15, 0.2) is 24.4 Å². The van der Waals surface area contributed by atoms with E-state index in [4.69, 9.17) is 0 Å². The lowest BCUT2D eigenvalue weighted by atomic mass is 10.3. The Morgan fingerprint density at radius 2 is 2.29 bits per heavy atom. The molecule has 0 saturated heterocycles. The van der Waals surface area contributed by atoms with Gasteiger partial charge in [0, 0.05) is 6.20 Å². The molecule has 1 unspecified atom stereocenters. The van der Waals surface area contributed by atoms with Gasteiger partial charge in [0.2, 0.25) is 5.91 Å². The second-order valence-corrected chi connectivity index (χ2v) is 3.81. The number of nitrogens with one attached hydrogen (secondary N) is 2. The van der Waals surface area contributed by atoms with Gasteiger partial charge in [-0.05, 0) is 26.1 Å². The summed E-state index contributed by atoms with van der Waals surface area (Å²) in [7, 11) is 1.73. The van der Waals surface area contributed by atoms with Crippen LogP contribution < -0.4 is 10.6 Å².